The number of piperazine rings is 1. The van der Waals surface area contributed by atoms with Gasteiger partial charge in [-0.2, -0.15) is 0 Å². The topological polar surface area (TPSA) is 36.0 Å². The molecular weight excluding hydrogens is 374 g/mol. The van der Waals surface area contributed by atoms with Gasteiger partial charge in [-0.15, -0.1) is 0 Å². The lowest BCUT2D eigenvalue weighted by molar-refractivity contribution is -0.132. The summed E-state index contributed by atoms with van der Waals surface area (Å²) in [4.78, 5) is 19.9. The Kier molecular flexibility index (Phi) is 7.38. The monoisotopic (exact) mass is 407 g/mol. The fourth-order valence-corrected chi connectivity index (χ4v) is 4.52. The maximum Gasteiger partial charge on any atom is 0.227 e. The Balaban J connectivity index is 1.19. The van der Waals surface area contributed by atoms with Crippen LogP contribution in [0.3, 0.4) is 0 Å². The van der Waals surface area contributed by atoms with E-state index in [1.165, 1.54) is 6.42 Å². The number of carbonyl (C=O) groups is 1. The molecule has 0 aliphatic carbocycles. The molecule has 2 aromatic rings. The summed E-state index contributed by atoms with van der Waals surface area (Å²) in [5.74, 6) is 1.21. The van der Waals surface area contributed by atoms with Crippen LogP contribution < -0.4 is 4.74 Å². The molecule has 2 aromatic carbocycles. The van der Waals surface area contributed by atoms with Gasteiger partial charge < -0.3 is 9.64 Å². The van der Waals surface area contributed by atoms with Crippen molar-refractivity contribution >= 4 is 5.91 Å². The second-order valence-corrected chi connectivity index (χ2v) is 8.34. The van der Waals surface area contributed by atoms with Crippen LogP contribution in [0.5, 0.6) is 5.75 Å². The number of piperidine rings is 1. The third kappa shape index (κ3) is 5.83. The Morgan fingerprint density at radius 1 is 0.900 bits per heavy atom. The van der Waals surface area contributed by atoms with E-state index in [0.29, 0.717) is 12.5 Å². The van der Waals surface area contributed by atoms with E-state index in [4.69, 9.17) is 4.74 Å². The lowest BCUT2D eigenvalue weighted by Gasteiger charge is -2.43. The predicted molar refractivity (Wildman–Crippen MR) is 120 cm³/mol. The van der Waals surface area contributed by atoms with Crippen LogP contribution in [0.2, 0.25) is 0 Å². The highest BCUT2D eigenvalue weighted by molar-refractivity contribution is 5.78. The SMILES string of the molecule is O=C(Cc1ccccc1)N1CCCC(N2CCN(CCOc3ccccc3)CC2)C1. The number of rotatable bonds is 7. The third-order valence-corrected chi connectivity index (χ3v) is 6.29. The zero-order valence-corrected chi connectivity index (χ0v) is 17.8. The van der Waals surface area contributed by atoms with E-state index in [1.807, 2.05) is 60.7 Å². The average Bonchev–Trinajstić information content (AvgIpc) is 2.81. The summed E-state index contributed by atoms with van der Waals surface area (Å²) in [5.41, 5.74) is 1.11. The molecule has 0 spiro atoms. The molecule has 1 atom stereocenters. The molecule has 0 radical (unpaired) electrons. The van der Waals surface area contributed by atoms with Crippen molar-refractivity contribution in [1.29, 1.82) is 0 Å². The van der Waals surface area contributed by atoms with Crippen molar-refractivity contribution in [1.82, 2.24) is 14.7 Å². The van der Waals surface area contributed by atoms with Crippen molar-refractivity contribution in [3.63, 3.8) is 0 Å². The molecule has 5 heteroatoms. The summed E-state index contributed by atoms with van der Waals surface area (Å²) in [5, 5.41) is 0. The van der Waals surface area contributed by atoms with E-state index < -0.39 is 0 Å². The highest BCUT2D eigenvalue weighted by Gasteiger charge is 2.29. The molecule has 4 rings (SSSR count). The number of para-hydroxylation sites is 1. The molecule has 0 aromatic heterocycles. The number of nitrogens with zero attached hydrogens (tertiary/aromatic N) is 3. The lowest BCUT2D eigenvalue weighted by Crippen LogP contribution is -2.56. The second-order valence-electron chi connectivity index (χ2n) is 8.34. The van der Waals surface area contributed by atoms with Gasteiger partial charge in [0.25, 0.3) is 0 Å². The molecular formula is C25H33N3O2. The van der Waals surface area contributed by atoms with Gasteiger partial charge in [-0.25, -0.2) is 0 Å². The van der Waals surface area contributed by atoms with Crippen molar-refractivity contribution in [2.24, 2.45) is 0 Å². The first kappa shape index (κ1) is 20.9. The molecule has 5 nitrogen and oxygen atoms in total. The van der Waals surface area contributed by atoms with E-state index in [1.54, 1.807) is 0 Å². The second kappa shape index (κ2) is 10.6. The zero-order valence-electron chi connectivity index (χ0n) is 17.8. The van der Waals surface area contributed by atoms with Crippen LogP contribution in [0.25, 0.3) is 0 Å². The highest BCUT2D eigenvalue weighted by atomic mass is 16.5. The minimum atomic E-state index is 0.266. The van der Waals surface area contributed by atoms with Crippen LogP contribution in [0.1, 0.15) is 18.4 Å². The Hall–Kier alpha value is -2.37. The number of hydrogen-bond donors (Lipinski definition) is 0. The van der Waals surface area contributed by atoms with Crippen molar-refractivity contribution in [2.45, 2.75) is 25.3 Å². The van der Waals surface area contributed by atoms with Gasteiger partial charge in [0, 0.05) is 51.9 Å². The normalized spacial score (nSPS) is 20.8. The first-order valence-electron chi connectivity index (χ1n) is 11.2. The van der Waals surface area contributed by atoms with Crippen LogP contribution in [-0.2, 0) is 11.2 Å². The molecule has 30 heavy (non-hydrogen) atoms. The summed E-state index contributed by atoms with van der Waals surface area (Å²) in [6, 6.07) is 20.6. The summed E-state index contributed by atoms with van der Waals surface area (Å²) in [6.45, 7) is 7.79. The van der Waals surface area contributed by atoms with E-state index >= 15 is 0 Å². The van der Waals surface area contributed by atoms with Gasteiger partial charge in [0.2, 0.25) is 5.91 Å². The molecule has 2 aliphatic heterocycles. The van der Waals surface area contributed by atoms with Crippen LogP contribution >= 0.6 is 0 Å². The van der Waals surface area contributed by atoms with Crippen LogP contribution in [-0.4, -0.2) is 79.1 Å². The number of amides is 1. The molecule has 0 N–H and O–H groups in total. The molecule has 2 fully saturated rings. The molecule has 1 amide bonds. The molecule has 0 bridgehead atoms. The number of likely N-dealkylation sites (tertiary alicyclic amines) is 1. The van der Waals surface area contributed by atoms with Crippen molar-refractivity contribution in [3.05, 3.63) is 66.2 Å². The van der Waals surface area contributed by atoms with E-state index in [9.17, 15) is 4.79 Å². The van der Waals surface area contributed by atoms with E-state index in [2.05, 4.69) is 14.7 Å². The summed E-state index contributed by atoms with van der Waals surface area (Å²) in [6.07, 6.45) is 2.82. The summed E-state index contributed by atoms with van der Waals surface area (Å²) >= 11 is 0. The van der Waals surface area contributed by atoms with Crippen molar-refractivity contribution in [3.8, 4) is 5.75 Å². The Morgan fingerprint density at radius 3 is 2.33 bits per heavy atom. The smallest absolute Gasteiger partial charge is 0.227 e. The van der Waals surface area contributed by atoms with Crippen LogP contribution in [0.4, 0.5) is 0 Å². The van der Waals surface area contributed by atoms with Gasteiger partial charge in [0.15, 0.2) is 0 Å². The number of benzene rings is 2. The fourth-order valence-electron chi connectivity index (χ4n) is 4.52. The lowest BCUT2D eigenvalue weighted by atomic mass is 10.0. The summed E-state index contributed by atoms with van der Waals surface area (Å²) in [7, 11) is 0. The van der Waals surface area contributed by atoms with E-state index in [-0.39, 0.29) is 5.91 Å². The van der Waals surface area contributed by atoms with E-state index in [0.717, 1.165) is 70.2 Å². The van der Waals surface area contributed by atoms with Crippen LogP contribution in [0.15, 0.2) is 60.7 Å². The van der Waals surface area contributed by atoms with Gasteiger partial charge in [-0.1, -0.05) is 48.5 Å². The van der Waals surface area contributed by atoms with Gasteiger partial charge >= 0.3 is 0 Å². The Bertz CT molecular complexity index is 775. The maximum atomic E-state index is 12.8. The Morgan fingerprint density at radius 2 is 1.60 bits per heavy atom. The van der Waals surface area contributed by atoms with Gasteiger partial charge in [-0.05, 0) is 30.5 Å². The summed E-state index contributed by atoms with van der Waals surface area (Å²) < 4.78 is 5.84. The molecule has 160 valence electrons. The number of ether oxygens (including phenoxy) is 1. The predicted octanol–water partition coefficient (Wildman–Crippen LogP) is 2.92. The minimum Gasteiger partial charge on any atom is -0.492 e. The molecule has 0 saturated carbocycles. The average molecular weight is 408 g/mol. The van der Waals surface area contributed by atoms with Crippen molar-refractivity contribution in [2.75, 3.05) is 52.4 Å². The van der Waals surface area contributed by atoms with Gasteiger partial charge in [0.1, 0.15) is 12.4 Å². The quantitative estimate of drug-likeness (QED) is 0.707. The molecule has 2 aliphatic rings. The standard InChI is InChI=1S/C25H33N3O2/c29-25(20-22-8-3-1-4-9-22)28-13-7-10-23(21-28)27-16-14-26(15-17-27)18-19-30-24-11-5-2-6-12-24/h1-6,8-9,11-12,23H,7,10,13-21H2. The van der Waals surface area contributed by atoms with Gasteiger partial charge in [-0.3, -0.25) is 14.6 Å². The van der Waals surface area contributed by atoms with Crippen LogP contribution in [0, 0.1) is 0 Å². The first-order chi connectivity index (χ1) is 14.8. The number of carbonyl (C=O) groups excluding carboxylic acids is 1. The minimum absolute atomic E-state index is 0.266. The number of hydrogen-bond acceptors (Lipinski definition) is 4. The first-order valence-corrected chi connectivity index (χ1v) is 11.2. The highest BCUT2D eigenvalue weighted by Crippen LogP contribution is 2.19. The Labute approximate surface area is 180 Å². The molecule has 2 saturated heterocycles. The van der Waals surface area contributed by atoms with Gasteiger partial charge in [0.05, 0.1) is 6.42 Å². The molecule has 1 unspecified atom stereocenters. The molecule has 2 heterocycles. The maximum absolute atomic E-state index is 12.8. The fraction of sp³-hybridized carbons (Fsp3) is 0.480. The zero-order chi connectivity index (χ0) is 20.6. The van der Waals surface area contributed by atoms with Crippen molar-refractivity contribution < 1.29 is 9.53 Å². The third-order valence-electron chi connectivity index (χ3n) is 6.29. The largest absolute Gasteiger partial charge is 0.492 e.